The number of carbonyl (C=O) groups excluding carboxylic acids is 3. The number of hydrogen-bond acceptors (Lipinski definition) is 4. The van der Waals surface area contributed by atoms with Crippen molar-refractivity contribution in [2.24, 2.45) is 11.8 Å². The molecule has 0 radical (unpaired) electrons. The van der Waals surface area contributed by atoms with Crippen molar-refractivity contribution in [1.29, 1.82) is 0 Å². The standard InChI is InChI=1S/C19H15ClN2O3S/c20-14-10-11(7-8-15(14)21-17(23)16-6-3-9-26-16)22-18(24)12-4-1-2-5-13(12)19(22)25/h1-3,6-10,12-13H,4-5H2,(H,21,23)/t12-,13-/m0/s1. The maximum atomic E-state index is 12.6. The van der Waals surface area contributed by atoms with E-state index < -0.39 is 0 Å². The van der Waals surface area contributed by atoms with E-state index in [-0.39, 0.29) is 34.6 Å². The first-order valence-corrected chi connectivity index (χ1v) is 9.49. The van der Waals surface area contributed by atoms with Crippen molar-refractivity contribution in [3.8, 4) is 0 Å². The lowest BCUT2D eigenvalue weighted by molar-refractivity contribution is -0.122. The molecule has 2 heterocycles. The molecule has 1 fully saturated rings. The van der Waals surface area contributed by atoms with Gasteiger partial charge in [-0.15, -0.1) is 11.3 Å². The Balaban J connectivity index is 1.57. The summed E-state index contributed by atoms with van der Waals surface area (Å²) in [6, 6.07) is 8.31. The molecule has 3 amide bonds. The van der Waals surface area contributed by atoms with Crippen molar-refractivity contribution in [2.45, 2.75) is 12.8 Å². The lowest BCUT2D eigenvalue weighted by atomic mass is 9.85. The number of hydrogen-bond donors (Lipinski definition) is 1. The molecule has 26 heavy (non-hydrogen) atoms. The molecule has 7 heteroatoms. The van der Waals surface area contributed by atoms with Gasteiger partial charge in [-0.2, -0.15) is 0 Å². The predicted octanol–water partition coefficient (Wildman–Crippen LogP) is 4.11. The Labute approximate surface area is 159 Å². The van der Waals surface area contributed by atoms with Crippen LogP contribution in [-0.2, 0) is 9.59 Å². The van der Waals surface area contributed by atoms with Crippen LogP contribution in [0.15, 0.2) is 47.9 Å². The van der Waals surface area contributed by atoms with Gasteiger partial charge in [-0.25, -0.2) is 4.90 Å². The van der Waals surface area contributed by atoms with Gasteiger partial charge >= 0.3 is 0 Å². The number of benzene rings is 1. The maximum Gasteiger partial charge on any atom is 0.265 e. The van der Waals surface area contributed by atoms with Gasteiger partial charge in [0, 0.05) is 0 Å². The summed E-state index contributed by atoms with van der Waals surface area (Å²) in [5, 5.41) is 4.84. The summed E-state index contributed by atoms with van der Waals surface area (Å²) in [5.41, 5.74) is 0.875. The third kappa shape index (κ3) is 2.85. The van der Waals surface area contributed by atoms with Crippen LogP contribution in [-0.4, -0.2) is 17.7 Å². The summed E-state index contributed by atoms with van der Waals surface area (Å²) in [7, 11) is 0. The van der Waals surface area contributed by atoms with E-state index in [1.165, 1.54) is 16.2 Å². The Morgan fingerprint density at radius 1 is 1.12 bits per heavy atom. The molecule has 2 atom stereocenters. The van der Waals surface area contributed by atoms with Crippen LogP contribution in [0.4, 0.5) is 11.4 Å². The van der Waals surface area contributed by atoms with Gasteiger partial charge < -0.3 is 5.32 Å². The highest BCUT2D eigenvalue weighted by molar-refractivity contribution is 7.12. The fraction of sp³-hybridized carbons (Fsp3) is 0.211. The van der Waals surface area contributed by atoms with Gasteiger partial charge in [-0.1, -0.05) is 29.8 Å². The minimum atomic E-state index is -0.288. The zero-order valence-electron chi connectivity index (χ0n) is 13.6. The quantitative estimate of drug-likeness (QED) is 0.637. The van der Waals surface area contributed by atoms with Gasteiger partial charge in [0.05, 0.1) is 33.1 Å². The summed E-state index contributed by atoms with van der Waals surface area (Å²) in [4.78, 5) is 39.2. The van der Waals surface area contributed by atoms with Gasteiger partial charge in [-0.3, -0.25) is 14.4 Å². The van der Waals surface area contributed by atoms with Crippen LogP contribution in [0.3, 0.4) is 0 Å². The predicted molar refractivity (Wildman–Crippen MR) is 102 cm³/mol. The zero-order chi connectivity index (χ0) is 18.3. The normalized spacial score (nSPS) is 21.8. The zero-order valence-corrected chi connectivity index (χ0v) is 15.2. The molecule has 0 bridgehead atoms. The van der Waals surface area contributed by atoms with Crippen molar-refractivity contribution in [3.63, 3.8) is 0 Å². The van der Waals surface area contributed by atoms with E-state index in [1.54, 1.807) is 30.3 Å². The average Bonchev–Trinajstić information content (AvgIpc) is 3.26. The van der Waals surface area contributed by atoms with Gasteiger partial charge in [0.2, 0.25) is 11.8 Å². The van der Waals surface area contributed by atoms with E-state index >= 15 is 0 Å². The molecule has 1 saturated heterocycles. The number of rotatable bonds is 3. The molecule has 2 aliphatic rings. The number of carbonyl (C=O) groups is 3. The first-order chi connectivity index (χ1) is 12.6. The van der Waals surface area contributed by atoms with Crippen LogP contribution in [0.2, 0.25) is 5.02 Å². The number of nitrogens with zero attached hydrogens (tertiary/aromatic N) is 1. The summed E-state index contributed by atoms with van der Waals surface area (Å²) < 4.78 is 0. The molecule has 2 aromatic rings. The highest BCUT2D eigenvalue weighted by atomic mass is 35.5. The highest BCUT2D eigenvalue weighted by Gasteiger charge is 2.47. The number of halogens is 1. The average molecular weight is 387 g/mol. The van der Waals surface area contributed by atoms with Crippen LogP contribution in [0.25, 0.3) is 0 Å². The molecule has 1 aromatic carbocycles. The molecule has 0 saturated carbocycles. The lowest BCUT2D eigenvalue weighted by Gasteiger charge is -2.16. The largest absolute Gasteiger partial charge is 0.320 e. The number of allylic oxidation sites excluding steroid dienone is 2. The van der Waals surface area contributed by atoms with E-state index in [4.69, 9.17) is 11.6 Å². The minimum absolute atomic E-state index is 0.184. The second-order valence-electron chi connectivity index (χ2n) is 6.26. The SMILES string of the molecule is O=C(Nc1ccc(N2C(=O)[C@H]3CC=CC[C@@H]3C2=O)cc1Cl)c1cccs1. The van der Waals surface area contributed by atoms with E-state index in [0.717, 1.165) is 0 Å². The molecule has 4 rings (SSSR count). The molecule has 0 unspecified atom stereocenters. The molecule has 1 aliphatic carbocycles. The lowest BCUT2D eigenvalue weighted by Crippen LogP contribution is -2.30. The van der Waals surface area contributed by atoms with Crippen molar-refractivity contribution < 1.29 is 14.4 Å². The van der Waals surface area contributed by atoms with Gasteiger partial charge in [0.15, 0.2) is 0 Å². The van der Waals surface area contributed by atoms with Crippen LogP contribution < -0.4 is 10.2 Å². The Morgan fingerprint density at radius 2 is 1.81 bits per heavy atom. The van der Waals surface area contributed by atoms with Gasteiger partial charge in [0.25, 0.3) is 5.91 Å². The summed E-state index contributed by atoms with van der Waals surface area (Å²) in [6.07, 6.45) is 5.08. The van der Waals surface area contributed by atoms with Gasteiger partial charge in [0.1, 0.15) is 0 Å². The van der Waals surface area contributed by atoms with E-state index in [0.29, 0.717) is 29.1 Å². The third-order valence-electron chi connectivity index (χ3n) is 4.71. The number of thiophene rings is 1. The van der Waals surface area contributed by atoms with Crippen LogP contribution >= 0.6 is 22.9 Å². The van der Waals surface area contributed by atoms with Crippen molar-refractivity contribution in [1.82, 2.24) is 0 Å². The summed E-state index contributed by atoms with van der Waals surface area (Å²) in [6.45, 7) is 0. The molecule has 0 spiro atoms. The van der Waals surface area contributed by atoms with E-state index in [1.807, 2.05) is 17.5 Å². The highest BCUT2D eigenvalue weighted by Crippen LogP contribution is 2.39. The Bertz CT molecular complexity index is 897. The molecule has 1 aliphatic heterocycles. The number of amides is 3. The third-order valence-corrected chi connectivity index (χ3v) is 5.89. The fourth-order valence-corrected chi connectivity index (χ4v) is 4.23. The Hall–Kier alpha value is -2.44. The second kappa shape index (κ2) is 6.70. The number of nitrogens with one attached hydrogen (secondary N) is 1. The molecule has 1 aromatic heterocycles. The van der Waals surface area contributed by atoms with Crippen molar-refractivity contribution >= 4 is 52.0 Å². The molecular weight excluding hydrogens is 372 g/mol. The van der Waals surface area contributed by atoms with E-state index in [2.05, 4.69) is 5.32 Å². The smallest absolute Gasteiger partial charge is 0.265 e. The maximum absolute atomic E-state index is 12.6. The Kier molecular flexibility index (Phi) is 4.38. The first-order valence-electron chi connectivity index (χ1n) is 8.23. The van der Waals surface area contributed by atoms with Crippen molar-refractivity contribution in [3.05, 3.63) is 57.8 Å². The molecule has 1 N–H and O–H groups in total. The molecular formula is C19H15ClN2O3S. The molecule has 132 valence electrons. The van der Waals surface area contributed by atoms with Gasteiger partial charge in [-0.05, 0) is 42.5 Å². The van der Waals surface area contributed by atoms with E-state index in [9.17, 15) is 14.4 Å². The van der Waals surface area contributed by atoms with Crippen LogP contribution in [0.5, 0.6) is 0 Å². The molecule has 5 nitrogen and oxygen atoms in total. The fourth-order valence-electron chi connectivity index (χ4n) is 3.39. The van der Waals surface area contributed by atoms with Crippen LogP contribution in [0, 0.1) is 11.8 Å². The van der Waals surface area contributed by atoms with Crippen molar-refractivity contribution in [2.75, 3.05) is 10.2 Å². The Morgan fingerprint density at radius 3 is 2.38 bits per heavy atom. The number of anilines is 2. The minimum Gasteiger partial charge on any atom is -0.320 e. The van der Waals surface area contributed by atoms with Crippen LogP contribution in [0.1, 0.15) is 22.5 Å². The monoisotopic (exact) mass is 386 g/mol. The summed E-state index contributed by atoms with van der Waals surface area (Å²) >= 11 is 7.62. The summed E-state index contributed by atoms with van der Waals surface area (Å²) in [5.74, 6) is -1.19. The number of imide groups is 1. The number of fused-ring (bicyclic) bond motifs is 1. The first kappa shape index (κ1) is 17.0. The topological polar surface area (TPSA) is 66.5 Å². The second-order valence-corrected chi connectivity index (χ2v) is 7.62.